The summed E-state index contributed by atoms with van der Waals surface area (Å²) in [6, 6.07) is 0. The summed E-state index contributed by atoms with van der Waals surface area (Å²) >= 11 is 0. The molecular formula is C14H26N4. The average molecular weight is 250 g/mol. The first-order valence-corrected chi connectivity index (χ1v) is 6.73. The van der Waals surface area contributed by atoms with Gasteiger partial charge in [0, 0.05) is 30.9 Å². The molecule has 4 heteroatoms. The van der Waals surface area contributed by atoms with Gasteiger partial charge < -0.3 is 10.2 Å². The minimum Gasteiger partial charge on any atom is -0.354 e. The summed E-state index contributed by atoms with van der Waals surface area (Å²) in [4.78, 5) is 11.2. The van der Waals surface area contributed by atoms with Gasteiger partial charge in [-0.15, -0.1) is 0 Å². The third kappa shape index (κ3) is 3.34. The van der Waals surface area contributed by atoms with Crippen molar-refractivity contribution in [3.63, 3.8) is 0 Å². The molecule has 0 aliphatic rings. The predicted octanol–water partition coefficient (Wildman–Crippen LogP) is 3.23. The lowest BCUT2D eigenvalue weighted by Gasteiger charge is -2.36. The maximum absolute atomic E-state index is 4.63. The molecule has 1 heterocycles. The maximum Gasteiger partial charge on any atom is 0.224 e. The smallest absolute Gasteiger partial charge is 0.224 e. The SMILES string of the molecule is CCCNc1ncc(C)c(N(C)C(C)(C)CC)n1. The Morgan fingerprint density at radius 3 is 2.56 bits per heavy atom. The van der Waals surface area contributed by atoms with Gasteiger partial charge in [-0.25, -0.2) is 4.98 Å². The monoisotopic (exact) mass is 250 g/mol. The molecule has 1 N–H and O–H groups in total. The first-order chi connectivity index (χ1) is 8.42. The molecule has 18 heavy (non-hydrogen) atoms. The van der Waals surface area contributed by atoms with E-state index in [9.17, 15) is 0 Å². The van der Waals surface area contributed by atoms with Crippen molar-refractivity contribution in [2.75, 3.05) is 23.8 Å². The van der Waals surface area contributed by atoms with Crippen molar-refractivity contribution < 1.29 is 0 Å². The second kappa shape index (κ2) is 6.03. The van der Waals surface area contributed by atoms with Crippen LogP contribution in [0.25, 0.3) is 0 Å². The van der Waals surface area contributed by atoms with E-state index in [0.29, 0.717) is 0 Å². The van der Waals surface area contributed by atoms with Crippen LogP contribution in [0.1, 0.15) is 46.1 Å². The zero-order chi connectivity index (χ0) is 13.8. The van der Waals surface area contributed by atoms with Gasteiger partial charge in [0.05, 0.1) is 0 Å². The number of hydrogen-bond acceptors (Lipinski definition) is 4. The van der Waals surface area contributed by atoms with Gasteiger partial charge in [0.15, 0.2) is 0 Å². The normalized spacial score (nSPS) is 11.4. The van der Waals surface area contributed by atoms with E-state index in [2.05, 4.69) is 61.9 Å². The van der Waals surface area contributed by atoms with E-state index in [1.807, 2.05) is 6.20 Å². The molecule has 0 saturated heterocycles. The molecule has 0 unspecified atom stereocenters. The van der Waals surface area contributed by atoms with Gasteiger partial charge in [-0.05, 0) is 33.6 Å². The lowest BCUT2D eigenvalue weighted by molar-refractivity contribution is 0.466. The molecule has 4 nitrogen and oxygen atoms in total. The molecule has 1 rings (SSSR count). The summed E-state index contributed by atoms with van der Waals surface area (Å²) in [6.45, 7) is 11.8. The van der Waals surface area contributed by atoms with E-state index in [-0.39, 0.29) is 5.54 Å². The molecule has 0 amide bonds. The summed E-state index contributed by atoms with van der Waals surface area (Å²) in [5, 5.41) is 3.24. The van der Waals surface area contributed by atoms with E-state index in [0.717, 1.165) is 36.7 Å². The fraction of sp³-hybridized carbons (Fsp3) is 0.714. The zero-order valence-electron chi connectivity index (χ0n) is 12.5. The van der Waals surface area contributed by atoms with Crippen LogP contribution >= 0.6 is 0 Å². The van der Waals surface area contributed by atoms with Crippen LogP contribution in [-0.4, -0.2) is 29.1 Å². The third-order valence-electron chi connectivity index (χ3n) is 3.57. The number of rotatable bonds is 6. The Labute approximate surface area is 111 Å². The molecule has 0 radical (unpaired) electrons. The van der Waals surface area contributed by atoms with Gasteiger partial charge in [-0.1, -0.05) is 13.8 Å². The largest absolute Gasteiger partial charge is 0.354 e. The lowest BCUT2D eigenvalue weighted by Crippen LogP contribution is -2.41. The highest BCUT2D eigenvalue weighted by Gasteiger charge is 2.24. The van der Waals surface area contributed by atoms with Crippen LogP contribution in [0, 0.1) is 6.92 Å². The topological polar surface area (TPSA) is 41.1 Å². The van der Waals surface area contributed by atoms with Gasteiger partial charge in [0.25, 0.3) is 0 Å². The average Bonchev–Trinajstić information content (AvgIpc) is 2.37. The Hall–Kier alpha value is -1.32. The van der Waals surface area contributed by atoms with E-state index in [1.165, 1.54) is 0 Å². The van der Waals surface area contributed by atoms with Crippen LogP contribution in [0.3, 0.4) is 0 Å². The van der Waals surface area contributed by atoms with Crippen molar-refractivity contribution in [2.45, 2.75) is 53.0 Å². The molecule has 102 valence electrons. The van der Waals surface area contributed by atoms with Crippen LogP contribution < -0.4 is 10.2 Å². The van der Waals surface area contributed by atoms with Crippen molar-refractivity contribution in [2.24, 2.45) is 0 Å². The quantitative estimate of drug-likeness (QED) is 0.841. The number of nitrogens with zero attached hydrogens (tertiary/aromatic N) is 3. The van der Waals surface area contributed by atoms with Gasteiger partial charge in [-0.3, -0.25) is 0 Å². The van der Waals surface area contributed by atoms with E-state index < -0.39 is 0 Å². The Kier molecular flexibility index (Phi) is 4.93. The maximum atomic E-state index is 4.63. The van der Waals surface area contributed by atoms with Crippen molar-refractivity contribution in [1.29, 1.82) is 0 Å². The summed E-state index contributed by atoms with van der Waals surface area (Å²) in [7, 11) is 2.10. The summed E-state index contributed by atoms with van der Waals surface area (Å²) in [5.74, 6) is 1.73. The van der Waals surface area contributed by atoms with Gasteiger partial charge >= 0.3 is 0 Å². The number of aryl methyl sites for hydroxylation is 1. The summed E-state index contributed by atoms with van der Waals surface area (Å²) in [6.07, 6.45) is 4.04. The minimum absolute atomic E-state index is 0.0984. The minimum atomic E-state index is 0.0984. The van der Waals surface area contributed by atoms with Crippen molar-refractivity contribution in [3.8, 4) is 0 Å². The number of hydrogen-bond donors (Lipinski definition) is 1. The van der Waals surface area contributed by atoms with Crippen molar-refractivity contribution >= 4 is 11.8 Å². The molecule has 0 aliphatic carbocycles. The molecular weight excluding hydrogens is 224 g/mol. The van der Waals surface area contributed by atoms with Crippen LogP contribution in [0.4, 0.5) is 11.8 Å². The fourth-order valence-electron chi connectivity index (χ4n) is 1.62. The predicted molar refractivity (Wildman–Crippen MR) is 78.3 cm³/mol. The van der Waals surface area contributed by atoms with E-state index in [4.69, 9.17) is 0 Å². The van der Waals surface area contributed by atoms with Crippen LogP contribution in [-0.2, 0) is 0 Å². The Bertz CT molecular complexity index is 387. The Morgan fingerprint density at radius 2 is 2.00 bits per heavy atom. The summed E-state index contributed by atoms with van der Waals surface area (Å²) in [5.41, 5.74) is 1.21. The van der Waals surface area contributed by atoms with Gasteiger partial charge in [0.1, 0.15) is 5.82 Å². The zero-order valence-corrected chi connectivity index (χ0v) is 12.5. The molecule has 1 aromatic heterocycles. The molecule has 0 atom stereocenters. The second-order valence-electron chi connectivity index (χ2n) is 5.35. The Balaban J connectivity index is 3.00. The third-order valence-corrected chi connectivity index (χ3v) is 3.57. The highest BCUT2D eigenvalue weighted by Crippen LogP contribution is 2.26. The van der Waals surface area contributed by atoms with Gasteiger partial charge in [0.2, 0.25) is 5.95 Å². The van der Waals surface area contributed by atoms with Crippen molar-refractivity contribution in [3.05, 3.63) is 11.8 Å². The second-order valence-corrected chi connectivity index (χ2v) is 5.35. The van der Waals surface area contributed by atoms with Crippen LogP contribution in [0.5, 0.6) is 0 Å². The lowest BCUT2D eigenvalue weighted by atomic mass is 9.99. The van der Waals surface area contributed by atoms with Crippen molar-refractivity contribution in [1.82, 2.24) is 9.97 Å². The molecule has 0 bridgehead atoms. The molecule has 0 fully saturated rings. The Morgan fingerprint density at radius 1 is 1.33 bits per heavy atom. The van der Waals surface area contributed by atoms with Crippen LogP contribution in [0.2, 0.25) is 0 Å². The molecule has 0 aromatic carbocycles. The first kappa shape index (κ1) is 14.7. The first-order valence-electron chi connectivity index (χ1n) is 6.73. The standard InChI is InChI=1S/C14H26N4/c1-7-9-15-13-16-10-11(3)12(17-13)18(6)14(4,5)8-2/h10H,7-9H2,1-6H3,(H,15,16,17). The highest BCUT2D eigenvalue weighted by atomic mass is 15.2. The van der Waals surface area contributed by atoms with Crippen LogP contribution in [0.15, 0.2) is 6.20 Å². The van der Waals surface area contributed by atoms with Gasteiger partial charge in [-0.2, -0.15) is 4.98 Å². The molecule has 0 saturated carbocycles. The van der Waals surface area contributed by atoms with E-state index in [1.54, 1.807) is 0 Å². The summed E-state index contributed by atoms with van der Waals surface area (Å²) < 4.78 is 0. The van der Waals surface area contributed by atoms with E-state index >= 15 is 0 Å². The highest BCUT2D eigenvalue weighted by molar-refractivity contribution is 5.50. The molecule has 0 spiro atoms. The molecule has 0 aliphatic heterocycles. The number of nitrogens with one attached hydrogen (secondary N) is 1. The number of anilines is 2. The number of aromatic nitrogens is 2. The fourth-order valence-corrected chi connectivity index (χ4v) is 1.62. The molecule has 1 aromatic rings.